The van der Waals surface area contributed by atoms with E-state index in [4.69, 9.17) is 0 Å². The molecule has 4 aliphatic rings. The van der Waals surface area contributed by atoms with E-state index in [1.54, 1.807) is 6.21 Å². The van der Waals surface area contributed by atoms with Gasteiger partial charge in [-0.15, -0.1) is 0 Å². The van der Waals surface area contributed by atoms with Gasteiger partial charge in [0.1, 0.15) is 0 Å². The summed E-state index contributed by atoms with van der Waals surface area (Å²) in [5.41, 5.74) is 4.90. The van der Waals surface area contributed by atoms with Gasteiger partial charge in [-0.3, -0.25) is 4.79 Å². The fraction of sp³-hybridized carbons (Fsp3) is 0.619. The molecule has 0 aliphatic heterocycles. The third-order valence-corrected chi connectivity index (χ3v) is 6.63. The van der Waals surface area contributed by atoms with Gasteiger partial charge in [-0.05, 0) is 67.6 Å². The Labute approximate surface area is 150 Å². The van der Waals surface area contributed by atoms with E-state index >= 15 is 0 Å². The second-order valence-electron chi connectivity index (χ2n) is 8.72. The lowest BCUT2D eigenvalue weighted by Gasteiger charge is -2.46. The quantitative estimate of drug-likeness (QED) is 0.670. The Hall–Kier alpha value is -1.84. The van der Waals surface area contributed by atoms with Gasteiger partial charge in [0.15, 0.2) is 0 Å². The Morgan fingerprint density at radius 2 is 1.68 bits per heavy atom. The lowest BCUT2D eigenvalue weighted by atomic mass is 9.58. The molecule has 4 bridgehead atoms. The number of benzene rings is 1. The van der Waals surface area contributed by atoms with Gasteiger partial charge >= 0.3 is 0 Å². The van der Waals surface area contributed by atoms with Crippen molar-refractivity contribution in [2.75, 3.05) is 19.0 Å². The van der Waals surface area contributed by atoms with Crippen LogP contribution in [-0.4, -0.2) is 26.2 Å². The van der Waals surface area contributed by atoms with Crippen molar-refractivity contribution in [3.8, 4) is 0 Å². The molecule has 0 radical (unpaired) electrons. The molecule has 25 heavy (non-hydrogen) atoms. The second-order valence-corrected chi connectivity index (χ2v) is 8.72. The molecule has 0 heterocycles. The first-order chi connectivity index (χ1) is 12.0. The zero-order valence-electron chi connectivity index (χ0n) is 15.4. The molecule has 134 valence electrons. The summed E-state index contributed by atoms with van der Waals surface area (Å²) < 4.78 is 0. The zero-order valence-corrected chi connectivity index (χ0v) is 15.4. The average molecular weight is 339 g/mol. The summed E-state index contributed by atoms with van der Waals surface area (Å²) >= 11 is 0. The number of fused-ring (bicyclic) bond motifs is 1. The number of hydrazone groups is 1. The highest BCUT2D eigenvalue weighted by Crippen LogP contribution is 2.57. The summed E-state index contributed by atoms with van der Waals surface area (Å²) in [6.45, 7) is 0. The van der Waals surface area contributed by atoms with Gasteiger partial charge in [-0.1, -0.05) is 25.0 Å². The third kappa shape index (κ3) is 3.31. The molecule has 1 amide bonds. The first-order valence-electron chi connectivity index (χ1n) is 9.65. The van der Waals surface area contributed by atoms with Gasteiger partial charge in [-0.2, -0.15) is 5.10 Å². The highest BCUT2D eigenvalue weighted by atomic mass is 16.2. The Morgan fingerprint density at radius 3 is 2.28 bits per heavy atom. The predicted molar refractivity (Wildman–Crippen MR) is 102 cm³/mol. The molecule has 2 atom stereocenters. The van der Waals surface area contributed by atoms with Crippen LogP contribution in [0.15, 0.2) is 29.4 Å². The van der Waals surface area contributed by atoms with E-state index in [1.807, 2.05) is 26.2 Å². The maximum atomic E-state index is 13.0. The fourth-order valence-electron chi connectivity index (χ4n) is 5.61. The van der Waals surface area contributed by atoms with Gasteiger partial charge in [0.2, 0.25) is 5.91 Å². The molecule has 4 fully saturated rings. The Kier molecular flexibility index (Phi) is 4.30. The van der Waals surface area contributed by atoms with Crippen molar-refractivity contribution in [2.24, 2.45) is 28.3 Å². The topological polar surface area (TPSA) is 44.7 Å². The minimum atomic E-state index is -0.140. The first kappa shape index (κ1) is 16.6. The first-order valence-corrected chi connectivity index (χ1v) is 9.65. The number of hydrogen-bond acceptors (Lipinski definition) is 3. The van der Waals surface area contributed by atoms with E-state index in [2.05, 4.69) is 27.6 Å². The summed E-state index contributed by atoms with van der Waals surface area (Å²) in [6, 6.07) is 8.18. The smallest absolute Gasteiger partial charge is 0.246 e. The highest BCUT2D eigenvalue weighted by Gasteiger charge is 2.52. The molecular formula is C21H29N3O. The van der Waals surface area contributed by atoms with E-state index in [0.717, 1.165) is 48.3 Å². The predicted octanol–water partition coefficient (Wildman–Crippen LogP) is 3.81. The van der Waals surface area contributed by atoms with Crippen LogP contribution < -0.4 is 10.3 Å². The Balaban J connectivity index is 1.42. The van der Waals surface area contributed by atoms with Gasteiger partial charge in [-0.25, -0.2) is 5.43 Å². The molecule has 4 aliphatic carbocycles. The van der Waals surface area contributed by atoms with Crippen LogP contribution in [0.25, 0.3) is 0 Å². The van der Waals surface area contributed by atoms with E-state index in [-0.39, 0.29) is 11.3 Å². The minimum absolute atomic E-state index is 0.140. The van der Waals surface area contributed by atoms with Gasteiger partial charge in [0, 0.05) is 19.8 Å². The van der Waals surface area contributed by atoms with Crippen molar-refractivity contribution in [2.45, 2.75) is 44.9 Å². The zero-order chi connectivity index (χ0) is 17.4. The normalized spacial score (nSPS) is 33.4. The van der Waals surface area contributed by atoms with E-state index in [0.29, 0.717) is 0 Å². The van der Waals surface area contributed by atoms with Gasteiger partial charge < -0.3 is 4.90 Å². The summed E-state index contributed by atoms with van der Waals surface area (Å²) in [6.07, 6.45) is 10.4. The number of nitrogens with one attached hydrogen (secondary N) is 1. The number of anilines is 1. The lowest BCUT2D eigenvalue weighted by Crippen LogP contribution is -2.47. The van der Waals surface area contributed by atoms with Gasteiger partial charge in [0.05, 0.1) is 11.6 Å². The molecule has 0 unspecified atom stereocenters. The van der Waals surface area contributed by atoms with E-state index in [1.165, 1.54) is 25.7 Å². The second kappa shape index (κ2) is 6.47. The number of hydrogen-bond donors (Lipinski definition) is 1. The number of amides is 1. The van der Waals surface area contributed by atoms with Crippen LogP contribution in [0.1, 0.15) is 50.5 Å². The summed E-state index contributed by atoms with van der Waals surface area (Å²) in [4.78, 5) is 15.0. The van der Waals surface area contributed by atoms with Crippen LogP contribution in [0.3, 0.4) is 0 Å². The lowest BCUT2D eigenvalue weighted by molar-refractivity contribution is -0.138. The van der Waals surface area contributed by atoms with Crippen molar-refractivity contribution in [1.29, 1.82) is 0 Å². The maximum Gasteiger partial charge on any atom is 0.246 e. The molecule has 4 nitrogen and oxygen atoms in total. The molecular weight excluding hydrogens is 310 g/mol. The van der Waals surface area contributed by atoms with Crippen LogP contribution in [0.5, 0.6) is 0 Å². The van der Waals surface area contributed by atoms with Crippen LogP contribution in [0.2, 0.25) is 0 Å². The molecule has 0 saturated heterocycles. The molecule has 0 aromatic heterocycles. The molecule has 1 N–H and O–H groups in total. The SMILES string of the molecule is CN(C)c1ccc(/C=N\NC(=O)C23CC4C[C@H](CC[C@@H](C4)C2)C3)cc1. The molecule has 1 aromatic carbocycles. The van der Waals surface area contributed by atoms with Crippen molar-refractivity contribution < 1.29 is 4.79 Å². The highest BCUT2D eigenvalue weighted by molar-refractivity contribution is 5.86. The monoisotopic (exact) mass is 339 g/mol. The number of rotatable bonds is 4. The van der Waals surface area contributed by atoms with Crippen molar-refractivity contribution >= 4 is 17.8 Å². The minimum Gasteiger partial charge on any atom is -0.378 e. The van der Waals surface area contributed by atoms with Crippen LogP contribution >= 0.6 is 0 Å². The molecule has 4 heteroatoms. The number of carbonyl (C=O) groups excluding carboxylic acids is 1. The van der Waals surface area contributed by atoms with Crippen molar-refractivity contribution in [3.05, 3.63) is 29.8 Å². The van der Waals surface area contributed by atoms with Crippen LogP contribution in [0.4, 0.5) is 5.69 Å². The molecule has 1 aromatic rings. The maximum absolute atomic E-state index is 13.0. The number of nitrogens with zero attached hydrogens (tertiary/aromatic N) is 2. The van der Waals surface area contributed by atoms with Gasteiger partial charge in [0.25, 0.3) is 0 Å². The summed E-state index contributed by atoms with van der Waals surface area (Å²) in [7, 11) is 4.05. The van der Waals surface area contributed by atoms with Crippen LogP contribution in [-0.2, 0) is 4.79 Å². The fourth-order valence-corrected chi connectivity index (χ4v) is 5.61. The van der Waals surface area contributed by atoms with Crippen LogP contribution in [0, 0.1) is 23.2 Å². The summed E-state index contributed by atoms with van der Waals surface area (Å²) in [5.74, 6) is 2.46. The largest absolute Gasteiger partial charge is 0.378 e. The Bertz CT molecular complexity index is 648. The summed E-state index contributed by atoms with van der Waals surface area (Å²) in [5, 5.41) is 4.27. The standard InChI is InChI=1S/C21H29N3O/c1-24(2)19-7-5-15(6-8-19)14-22-23-20(25)21-11-16-3-4-17(12-21)10-18(9-16)13-21/h5-8,14,16-18H,3-4,9-13H2,1-2H3,(H,23,25)/b22-14-/t16-,17-,18?,21?/m0/s1. The average Bonchev–Trinajstić information content (AvgIpc) is 2.81. The molecule has 4 saturated carbocycles. The van der Waals surface area contributed by atoms with Crippen molar-refractivity contribution in [3.63, 3.8) is 0 Å². The third-order valence-electron chi connectivity index (χ3n) is 6.63. The molecule has 0 spiro atoms. The molecule has 5 rings (SSSR count). The van der Waals surface area contributed by atoms with E-state index < -0.39 is 0 Å². The Morgan fingerprint density at radius 1 is 1.08 bits per heavy atom. The van der Waals surface area contributed by atoms with E-state index in [9.17, 15) is 4.79 Å². The number of carbonyl (C=O) groups is 1. The van der Waals surface area contributed by atoms with Crippen molar-refractivity contribution in [1.82, 2.24) is 5.43 Å².